The van der Waals surface area contributed by atoms with Crippen LogP contribution in [0.3, 0.4) is 0 Å². The molecule has 0 spiro atoms. The molecular formula is C13H17N3O2. The summed E-state index contributed by atoms with van der Waals surface area (Å²) in [4.78, 5) is 22.5. The molecule has 0 saturated carbocycles. The summed E-state index contributed by atoms with van der Waals surface area (Å²) in [5, 5.41) is 7.81. The third-order valence-electron chi connectivity index (χ3n) is 2.06. The zero-order valence-corrected chi connectivity index (χ0v) is 10.7. The Morgan fingerprint density at radius 1 is 1.00 bits per heavy atom. The molecule has 0 heterocycles. The number of benzene rings is 1. The molecule has 0 aliphatic carbocycles. The lowest BCUT2D eigenvalue weighted by Gasteiger charge is -2.06. The molecule has 1 rings (SSSR count). The molecule has 1 aromatic rings. The van der Waals surface area contributed by atoms with Gasteiger partial charge < -0.3 is 16.0 Å². The lowest BCUT2D eigenvalue weighted by molar-refractivity contribution is -0.111. The number of carbonyl (C=O) groups excluding carboxylic acids is 2. The molecule has 0 saturated heterocycles. The maximum atomic E-state index is 11.5. The van der Waals surface area contributed by atoms with Crippen molar-refractivity contribution in [3.63, 3.8) is 0 Å². The van der Waals surface area contributed by atoms with E-state index in [2.05, 4.69) is 16.0 Å². The molecule has 0 aliphatic rings. The van der Waals surface area contributed by atoms with Gasteiger partial charge in [0.05, 0.1) is 0 Å². The Kier molecular flexibility index (Phi) is 4.92. The zero-order valence-electron chi connectivity index (χ0n) is 10.7. The van der Waals surface area contributed by atoms with Crippen molar-refractivity contribution in [1.29, 1.82) is 0 Å². The van der Waals surface area contributed by atoms with Gasteiger partial charge in [-0.1, -0.05) is 5.57 Å². The van der Waals surface area contributed by atoms with Gasteiger partial charge in [-0.2, -0.15) is 0 Å². The topological polar surface area (TPSA) is 70.2 Å². The van der Waals surface area contributed by atoms with Crippen LogP contribution < -0.4 is 16.0 Å². The third-order valence-corrected chi connectivity index (χ3v) is 2.06. The second-order valence-electron chi connectivity index (χ2n) is 3.99. The molecule has 0 fully saturated rings. The van der Waals surface area contributed by atoms with Gasteiger partial charge in [-0.05, 0) is 38.1 Å². The van der Waals surface area contributed by atoms with Crippen LogP contribution in [0.2, 0.25) is 0 Å². The lowest BCUT2D eigenvalue weighted by Crippen LogP contribution is -2.24. The molecule has 3 amide bonds. The second-order valence-corrected chi connectivity index (χ2v) is 3.99. The minimum atomic E-state index is -0.281. The average Bonchev–Trinajstić information content (AvgIpc) is 2.30. The Morgan fingerprint density at radius 3 is 1.94 bits per heavy atom. The molecule has 18 heavy (non-hydrogen) atoms. The largest absolute Gasteiger partial charge is 0.341 e. The molecule has 0 bridgehead atoms. The van der Waals surface area contributed by atoms with Gasteiger partial charge in [0.2, 0.25) is 5.91 Å². The second kappa shape index (κ2) is 6.44. The first kappa shape index (κ1) is 13.8. The molecule has 0 radical (unpaired) electrons. The van der Waals surface area contributed by atoms with E-state index in [1.807, 2.05) is 13.8 Å². The van der Waals surface area contributed by atoms with Crippen LogP contribution in [-0.4, -0.2) is 19.0 Å². The summed E-state index contributed by atoms with van der Waals surface area (Å²) >= 11 is 0. The van der Waals surface area contributed by atoms with Gasteiger partial charge in [-0.25, -0.2) is 4.79 Å². The molecule has 0 unspecified atom stereocenters. The van der Waals surface area contributed by atoms with Gasteiger partial charge in [-0.3, -0.25) is 4.79 Å². The lowest BCUT2D eigenvalue weighted by atomic mass is 10.2. The molecule has 5 heteroatoms. The van der Waals surface area contributed by atoms with Crippen molar-refractivity contribution in [2.24, 2.45) is 0 Å². The van der Waals surface area contributed by atoms with E-state index in [0.717, 1.165) is 5.57 Å². The summed E-state index contributed by atoms with van der Waals surface area (Å²) in [6.45, 7) is 3.71. The number of hydrogen-bond acceptors (Lipinski definition) is 2. The number of hydrogen-bond donors (Lipinski definition) is 3. The van der Waals surface area contributed by atoms with Crippen LogP contribution in [-0.2, 0) is 4.79 Å². The number of amides is 3. The standard InChI is InChI=1S/C13H17N3O2/c1-9(2)8-12(17)15-10-4-6-11(7-5-10)16-13(18)14-3/h4-8H,1-3H3,(H,15,17)(H2,14,16,18). The summed E-state index contributed by atoms with van der Waals surface area (Å²) in [5.41, 5.74) is 2.28. The van der Waals surface area contributed by atoms with E-state index in [1.54, 1.807) is 31.3 Å². The molecular weight excluding hydrogens is 230 g/mol. The summed E-state index contributed by atoms with van der Waals surface area (Å²) in [6.07, 6.45) is 1.52. The molecule has 96 valence electrons. The molecule has 0 aliphatic heterocycles. The van der Waals surface area contributed by atoms with Crippen LogP contribution in [0.25, 0.3) is 0 Å². The Bertz CT molecular complexity index is 460. The van der Waals surface area contributed by atoms with E-state index < -0.39 is 0 Å². The Balaban J connectivity index is 2.63. The van der Waals surface area contributed by atoms with Crippen molar-refractivity contribution in [1.82, 2.24) is 5.32 Å². The molecule has 5 nitrogen and oxygen atoms in total. The maximum absolute atomic E-state index is 11.5. The fourth-order valence-corrected chi connectivity index (χ4v) is 1.27. The molecule has 0 aromatic heterocycles. The van der Waals surface area contributed by atoms with Crippen LogP contribution in [0.1, 0.15) is 13.8 Å². The van der Waals surface area contributed by atoms with Crippen LogP contribution in [0.5, 0.6) is 0 Å². The van der Waals surface area contributed by atoms with Crippen molar-refractivity contribution in [2.75, 3.05) is 17.7 Å². The van der Waals surface area contributed by atoms with Crippen molar-refractivity contribution < 1.29 is 9.59 Å². The van der Waals surface area contributed by atoms with Gasteiger partial charge >= 0.3 is 6.03 Å². The highest BCUT2D eigenvalue weighted by Gasteiger charge is 2.00. The van der Waals surface area contributed by atoms with E-state index in [1.165, 1.54) is 6.08 Å². The highest BCUT2D eigenvalue weighted by molar-refractivity contribution is 5.99. The quantitative estimate of drug-likeness (QED) is 0.717. The van der Waals surface area contributed by atoms with Gasteiger partial charge in [0.15, 0.2) is 0 Å². The van der Waals surface area contributed by atoms with E-state index in [9.17, 15) is 9.59 Å². The highest BCUT2D eigenvalue weighted by atomic mass is 16.2. The minimum Gasteiger partial charge on any atom is -0.341 e. The summed E-state index contributed by atoms with van der Waals surface area (Å²) in [6, 6.07) is 6.60. The Hall–Kier alpha value is -2.30. The van der Waals surface area contributed by atoms with Crippen molar-refractivity contribution in [3.8, 4) is 0 Å². The molecule has 0 atom stereocenters. The normalized spacial score (nSPS) is 9.28. The molecule has 3 N–H and O–H groups in total. The van der Waals surface area contributed by atoms with Gasteiger partial charge in [-0.15, -0.1) is 0 Å². The number of nitrogens with one attached hydrogen (secondary N) is 3. The van der Waals surface area contributed by atoms with E-state index in [4.69, 9.17) is 0 Å². The van der Waals surface area contributed by atoms with Crippen molar-refractivity contribution >= 4 is 23.3 Å². The zero-order chi connectivity index (χ0) is 13.5. The monoisotopic (exact) mass is 247 g/mol. The summed E-state index contributed by atoms with van der Waals surface area (Å²) in [7, 11) is 1.54. The fraction of sp³-hybridized carbons (Fsp3) is 0.231. The SMILES string of the molecule is CNC(=O)Nc1ccc(NC(=O)C=C(C)C)cc1. The third kappa shape index (κ3) is 4.69. The van der Waals surface area contributed by atoms with Crippen LogP contribution >= 0.6 is 0 Å². The van der Waals surface area contributed by atoms with Crippen molar-refractivity contribution in [3.05, 3.63) is 35.9 Å². The minimum absolute atomic E-state index is 0.165. The maximum Gasteiger partial charge on any atom is 0.318 e. The average molecular weight is 247 g/mol. The van der Waals surface area contributed by atoms with E-state index in [-0.39, 0.29) is 11.9 Å². The number of allylic oxidation sites excluding steroid dienone is 1. The van der Waals surface area contributed by atoms with Gasteiger partial charge in [0.1, 0.15) is 0 Å². The smallest absolute Gasteiger partial charge is 0.318 e. The predicted molar refractivity (Wildman–Crippen MR) is 72.6 cm³/mol. The molecule has 1 aromatic carbocycles. The first-order valence-electron chi connectivity index (χ1n) is 5.56. The van der Waals surface area contributed by atoms with Crippen molar-refractivity contribution in [2.45, 2.75) is 13.8 Å². The van der Waals surface area contributed by atoms with Gasteiger partial charge in [0.25, 0.3) is 0 Å². The Labute approximate surface area is 106 Å². The van der Waals surface area contributed by atoms with Crippen LogP contribution in [0.4, 0.5) is 16.2 Å². The van der Waals surface area contributed by atoms with Crippen LogP contribution in [0, 0.1) is 0 Å². The van der Waals surface area contributed by atoms with E-state index >= 15 is 0 Å². The summed E-state index contributed by atoms with van der Waals surface area (Å²) in [5.74, 6) is -0.165. The van der Waals surface area contributed by atoms with Gasteiger partial charge in [0, 0.05) is 24.5 Å². The predicted octanol–water partition coefficient (Wildman–Crippen LogP) is 2.34. The fourth-order valence-electron chi connectivity index (χ4n) is 1.27. The summed E-state index contributed by atoms with van der Waals surface area (Å²) < 4.78 is 0. The number of carbonyl (C=O) groups is 2. The number of rotatable bonds is 3. The number of urea groups is 1. The first-order chi connectivity index (χ1) is 8.51. The number of anilines is 2. The Morgan fingerprint density at radius 2 is 1.50 bits per heavy atom. The van der Waals surface area contributed by atoms with Crippen LogP contribution in [0.15, 0.2) is 35.9 Å². The van der Waals surface area contributed by atoms with E-state index in [0.29, 0.717) is 11.4 Å². The first-order valence-corrected chi connectivity index (χ1v) is 5.56. The highest BCUT2D eigenvalue weighted by Crippen LogP contribution is 2.13.